The maximum Gasteiger partial charge on any atom is 0.243 e. The van der Waals surface area contributed by atoms with Crippen LogP contribution in [0.15, 0.2) is 0 Å². The molecular formula is C13H25N7O. The van der Waals surface area contributed by atoms with E-state index in [-0.39, 0.29) is 6.61 Å². The first-order valence-electron chi connectivity index (χ1n) is 7.38. The van der Waals surface area contributed by atoms with Crippen molar-refractivity contribution in [2.45, 2.75) is 25.7 Å². The first kappa shape index (κ1) is 15.7. The van der Waals surface area contributed by atoms with E-state index in [0.29, 0.717) is 29.7 Å². The maximum absolute atomic E-state index is 9.46. The van der Waals surface area contributed by atoms with Crippen LogP contribution in [0.4, 0.5) is 17.8 Å². The summed E-state index contributed by atoms with van der Waals surface area (Å²) in [7, 11) is 3.73. The number of nitrogens with zero attached hydrogens (tertiary/aromatic N) is 4. The van der Waals surface area contributed by atoms with E-state index >= 15 is 0 Å². The minimum atomic E-state index is 0.252. The number of hydrogen-bond acceptors (Lipinski definition) is 8. The predicted molar refractivity (Wildman–Crippen MR) is 83.0 cm³/mol. The van der Waals surface area contributed by atoms with Crippen LogP contribution < -0.4 is 21.5 Å². The van der Waals surface area contributed by atoms with Crippen molar-refractivity contribution in [3.05, 3.63) is 0 Å². The van der Waals surface area contributed by atoms with Gasteiger partial charge in [0.2, 0.25) is 17.8 Å². The third-order valence-electron chi connectivity index (χ3n) is 3.98. The van der Waals surface area contributed by atoms with Crippen molar-refractivity contribution in [3.8, 4) is 0 Å². The van der Waals surface area contributed by atoms with Gasteiger partial charge in [-0.15, -0.1) is 0 Å². The van der Waals surface area contributed by atoms with Gasteiger partial charge in [-0.2, -0.15) is 15.0 Å². The molecule has 0 spiro atoms. The number of aromatic nitrogens is 3. The van der Waals surface area contributed by atoms with Crippen LogP contribution >= 0.6 is 0 Å². The Morgan fingerprint density at radius 1 is 1.14 bits per heavy atom. The number of nitrogen functional groups attached to an aromatic ring is 1. The van der Waals surface area contributed by atoms with Gasteiger partial charge in [0.1, 0.15) is 0 Å². The molecule has 1 aliphatic rings. The molecule has 8 heteroatoms. The molecule has 1 fully saturated rings. The SMILES string of the molecule is CN(C)c1nc(NN)nc(NCC2CCCCC2CO)n1. The van der Waals surface area contributed by atoms with Crippen LogP contribution in [0, 0.1) is 11.8 Å². The molecule has 1 heterocycles. The average molecular weight is 295 g/mol. The van der Waals surface area contributed by atoms with Crippen molar-refractivity contribution in [3.63, 3.8) is 0 Å². The summed E-state index contributed by atoms with van der Waals surface area (Å²) in [5, 5.41) is 12.7. The summed E-state index contributed by atoms with van der Waals surface area (Å²) in [6.07, 6.45) is 4.66. The van der Waals surface area contributed by atoms with Gasteiger partial charge in [0.25, 0.3) is 0 Å². The highest BCUT2D eigenvalue weighted by atomic mass is 16.3. The number of aliphatic hydroxyl groups is 1. The van der Waals surface area contributed by atoms with Gasteiger partial charge in [-0.1, -0.05) is 12.8 Å². The molecule has 21 heavy (non-hydrogen) atoms. The van der Waals surface area contributed by atoms with Crippen LogP contribution in [0.3, 0.4) is 0 Å². The van der Waals surface area contributed by atoms with Crippen LogP contribution in [0.5, 0.6) is 0 Å². The molecule has 2 unspecified atom stereocenters. The zero-order valence-corrected chi connectivity index (χ0v) is 12.7. The first-order valence-corrected chi connectivity index (χ1v) is 7.38. The van der Waals surface area contributed by atoms with Gasteiger partial charge in [0.15, 0.2) is 0 Å². The molecule has 0 aliphatic heterocycles. The topological polar surface area (TPSA) is 112 Å². The minimum absolute atomic E-state index is 0.252. The van der Waals surface area contributed by atoms with Crippen molar-refractivity contribution in [2.24, 2.45) is 17.7 Å². The second-order valence-corrected chi connectivity index (χ2v) is 5.69. The van der Waals surface area contributed by atoms with E-state index in [9.17, 15) is 5.11 Å². The van der Waals surface area contributed by atoms with Gasteiger partial charge in [-0.3, -0.25) is 5.43 Å². The third kappa shape index (κ3) is 4.15. The second-order valence-electron chi connectivity index (χ2n) is 5.69. The Bertz CT molecular complexity index is 454. The Hall–Kier alpha value is -1.67. The van der Waals surface area contributed by atoms with Gasteiger partial charge >= 0.3 is 0 Å². The van der Waals surface area contributed by atoms with E-state index in [2.05, 4.69) is 25.7 Å². The van der Waals surface area contributed by atoms with Crippen LogP contribution in [-0.2, 0) is 0 Å². The first-order chi connectivity index (χ1) is 10.1. The molecule has 1 aromatic heterocycles. The summed E-state index contributed by atoms with van der Waals surface area (Å²) in [6, 6.07) is 0. The number of aliphatic hydroxyl groups excluding tert-OH is 1. The monoisotopic (exact) mass is 295 g/mol. The van der Waals surface area contributed by atoms with E-state index in [1.165, 1.54) is 12.8 Å². The molecule has 0 radical (unpaired) electrons. The summed E-state index contributed by atoms with van der Waals surface area (Å²) >= 11 is 0. The molecule has 1 aliphatic carbocycles. The minimum Gasteiger partial charge on any atom is -0.396 e. The Kier molecular flexibility index (Phi) is 5.51. The van der Waals surface area contributed by atoms with Crippen LogP contribution in [0.2, 0.25) is 0 Å². The number of nitrogens with one attached hydrogen (secondary N) is 2. The van der Waals surface area contributed by atoms with E-state index in [1.807, 2.05) is 14.1 Å². The van der Waals surface area contributed by atoms with Crippen molar-refractivity contribution >= 4 is 17.8 Å². The zero-order chi connectivity index (χ0) is 15.2. The summed E-state index contributed by atoms with van der Waals surface area (Å²) in [6.45, 7) is 1.01. The molecule has 0 saturated heterocycles. The Balaban J connectivity index is 2.03. The number of hydrazine groups is 1. The summed E-state index contributed by atoms with van der Waals surface area (Å²) in [4.78, 5) is 14.5. The molecule has 0 aromatic carbocycles. The van der Waals surface area contributed by atoms with E-state index in [0.717, 1.165) is 19.4 Å². The van der Waals surface area contributed by atoms with E-state index < -0.39 is 0 Å². The third-order valence-corrected chi connectivity index (χ3v) is 3.98. The van der Waals surface area contributed by atoms with Gasteiger partial charge in [0, 0.05) is 27.2 Å². The molecule has 1 aromatic rings. The molecule has 2 atom stereocenters. The lowest BCUT2D eigenvalue weighted by Crippen LogP contribution is -2.29. The normalized spacial score (nSPS) is 21.9. The molecular weight excluding hydrogens is 270 g/mol. The number of hydrogen-bond donors (Lipinski definition) is 4. The lowest BCUT2D eigenvalue weighted by atomic mass is 9.80. The fourth-order valence-electron chi connectivity index (χ4n) is 2.72. The quantitative estimate of drug-likeness (QED) is 0.441. The van der Waals surface area contributed by atoms with Crippen molar-refractivity contribution in [1.29, 1.82) is 0 Å². The summed E-state index contributed by atoms with van der Waals surface area (Å²) < 4.78 is 0. The molecule has 2 rings (SSSR count). The van der Waals surface area contributed by atoms with Gasteiger partial charge < -0.3 is 15.3 Å². The number of nitrogens with two attached hydrogens (primary N) is 1. The Morgan fingerprint density at radius 2 is 1.81 bits per heavy atom. The molecule has 0 bridgehead atoms. The fourth-order valence-corrected chi connectivity index (χ4v) is 2.72. The largest absolute Gasteiger partial charge is 0.396 e. The fraction of sp³-hybridized carbons (Fsp3) is 0.769. The highest BCUT2D eigenvalue weighted by Crippen LogP contribution is 2.29. The molecule has 8 nitrogen and oxygen atoms in total. The highest BCUT2D eigenvalue weighted by Gasteiger charge is 2.24. The lowest BCUT2D eigenvalue weighted by molar-refractivity contribution is 0.141. The molecule has 0 amide bonds. The van der Waals surface area contributed by atoms with Crippen LogP contribution in [0.25, 0.3) is 0 Å². The Morgan fingerprint density at radius 3 is 2.43 bits per heavy atom. The van der Waals surface area contributed by atoms with Crippen molar-refractivity contribution in [1.82, 2.24) is 15.0 Å². The van der Waals surface area contributed by atoms with Crippen molar-refractivity contribution in [2.75, 3.05) is 42.9 Å². The van der Waals surface area contributed by atoms with Crippen LogP contribution in [-0.4, -0.2) is 47.3 Å². The predicted octanol–water partition coefficient (Wildman–Crippen LogP) is 0.434. The number of rotatable bonds is 6. The van der Waals surface area contributed by atoms with Crippen LogP contribution in [0.1, 0.15) is 25.7 Å². The molecule has 5 N–H and O–H groups in total. The van der Waals surface area contributed by atoms with Gasteiger partial charge in [0.05, 0.1) is 0 Å². The molecule has 1 saturated carbocycles. The van der Waals surface area contributed by atoms with Gasteiger partial charge in [-0.25, -0.2) is 5.84 Å². The van der Waals surface area contributed by atoms with E-state index in [4.69, 9.17) is 5.84 Å². The second kappa shape index (κ2) is 7.37. The maximum atomic E-state index is 9.46. The van der Waals surface area contributed by atoms with Gasteiger partial charge in [-0.05, 0) is 24.7 Å². The zero-order valence-electron chi connectivity index (χ0n) is 12.7. The lowest BCUT2D eigenvalue weighted by Gasteiger charge is -2.30. The van der Waals surface area contributed by atoms with E-state index in [1.54, 1.807) is 4.90 Å². The Labute approximate surface area is 125 Å². The average Bonchev–Trinajstić information content (AvgIpc) is 2.52. The summed E-state index contributed by atoms with van der Waals surface area (Å²) in [5.74, 6) is 7.59. The molecule has 118 valence electrons. The highest BCUT2D eigenvalue weighted by molar-refractivity contribution is 5.42. The standard InChI is InChI=1S/C13H25N7O/c1-20(2)13-17-11(16-12(18-13)19-14)15-7-9-5-3-4-6-10(9)8-21/h9-10,21H,3-8,14H2,1-2H3,(H2,15,16,17,18,19). The smallest absolute Gasteiger partial charge is 0.243 e. The summed E-state index contributed by atoms with van der Waals surface area (Å²) in [5.41, 5.74) is 2.45. The number of anilines is 3. The van der Waals surface area contributed by atoms with Crippen molar-refractivity contribution < 1.29 is 5.11 Å².